The Labute approximate surface area is 119 Å². The van der Waals surface area contributed by atoms with Crippen LogP contribution in [0.15, 0.2) is 40.0 Å². The molecule has 0 radical (unpaired) electrons. The molecule has 6 heteroatoms. The highest BCUT2D eigenvalue weighted by atomic mass is 35.5. The van der Waals surface area contributed by atoms with Crippen LogP contribution >= 0.6 is 23.2 Å². The third-order valence-corrected chi connectivity index (χ3v) is 3.50. The first kappa shape index (κ1) is 12.4. The first-order valence-electron chi connectivity index (χ1n) is 5.69. The molecule has 0 amide bonds. The van der Waals surface area contributed by atoms with Crippen LogP contribution < -0.4 is 5.43 Å². The number of phenols is 1. The highest BCUT2D eigenvalue weighted by molar-refractivity contribution is 6.35. The maximum atomic E-state index is 9.99. The predicted octanol–water partition coefficient (Wildman–Crippen LogP) is 3.73. The summed E-state index contributed by atoms with van der Waals surface area (Å²) in [5, 5.41) is 14.9. The zero-order valence-electron chi connectivity index (χ0n) is 9.73. The van der Waals surface area contributed by atoms with Gasteiger partial charge >= 0.3 is 0 Å². The van der Waals surface area contributed by atoms with E-state index in [-0.39, 0.29) is 16.8 Å². The van der Waals surface area contributed by atoms with Gasteiger partial charge in [-0.1, -0.05) is 23.2 Å². The van der Waals surface area contributed by atoms with Gasteiger partial charge in [0.25, 0.3) is 0 Å². The summed E-state index contributed by atoms with van der Waals surface area (Å²) in [5.74, 6) is 0.738. The minimum atomic E-state index is -0.170. The molecule has 1 aromatic heterocycles. The molecule has 1 aliphatic rings. The second-order valence-corrected chi connectivity index (χ2v) is 5.09. The number of hydrazone groups is 1. The van der Waals surface area contributed by atoms with Crippen molar-refractivity contribution in [3.05, 3.63) is 51.9 Å². The number of nitrogens with one attached hydrogen (secondary N) is 1. The molecule has 0 saturated carbocycles. The van der Waals surface area contributed by atoms with Crippen molar-refractivity contribution in [3.8, 4) is 5.75 Å². The van der Waals surface area contributed by atoms with Crippen LogP contribution in [0.1, 0.15) is 23.8 Å². The molecule has 0 fully saturated rings. The predicted molar refractivity (Wildman–Crippen MR) is 73.9 cm³/mol. The van der Waals surface area contributed by atoms with Crippen LogP contribution in [0.25, 0.3) is 0 Å². The van der Waals surface area contributed by atoms with E-state index in [1.807, 2.05) is 6.07 Å². The van der Waals surface area contributed by atoms with Gasteiger partial charge in [-0.25, -0.2) is 0 Å². The van der Waals surface area contributed by atoms with Crippen molar-refractivity contribution < 1.29 is 9.52 Å². The fourth-order valence-electron chi connectivity index (χ4n) is 2.07. The molecule has 3 rings (SSSR count). The Morgan fingerprint density at radius 3 is 2.95 bits per heavy atom. The summed E-state index contributed by atoms with van der Waals surface area (Å²) < 4.78 is 5.29. The minimum Gasteiger partial charge on any atom is -0.506 e. The lowest BCUT2D eigenvalue weighted by Crippen LogP contribution is -2.10. The molecule has 1 atom stereocenters. The van der Waals surface area contributed by atoms with Crippen molar-refractivity contribution in [1.29, 1.82) is 0 Å². The quantitative estimate of drug-likeness (QED) is 0.888. The fourth-order valence-corrected chi connectivity index (χ4v) is 2.58. The Hall–Kier alpha value is -1.65. The maximum Gasteiger partial charge on any atom is 0.149 e. The van der Waals surface area contributed by atoms with Gasteiger partial charge in [0.15, 0.2) is 0 Å². The van der Waals surface area contributed by atoms with Gasteiger partial charge in [-0.05, 0) is 24.3 Å². The highest BCUT2D eigenvalue weighted by Gasteiger charge is 2.26. The Kier molecular flexibility index (Phi) is 3.12. The van der Waals surface area contributed by atoms with Crippen molar-refractivity contribution in [2.45, 2.75) is 12.5 Å². The van der Waals surface area contributed by atoms with Crippen LogP contribution in [-0.2, 0) is 0 Å². The summed E-state index contributed by atoms with van der Waals surface area (Å²) in [6.45, 7) is 0. The molecule has 98 valence electrons. The average molecular weight is 297 g/mol. The summed E-state index contributed by atoms with van der Waals surface area (Å²) in [4.78, 5) is 0. The van der Waals surface area contributed by atoms with E-state index >= 15 is 0 Å². The minimum absolute atomic E-state index is 0.0273. The number of halogens is 2. The molecular formula is C13H10Cl2N2O2. The van der Waals surface area contributed by atoms with Gasteiger partial charge in [-0.2, -0.15) is 5.10 Å². The Bertz CT molecular complexity index is 638. The molecule has 0 spiro atoms. The Morgan fingerprint density at radius 2 is 2.21 bits per heavy atom. The van der Waals surface area contributed by atoms with Crippen LogP contribution in [0.3, 0.4) is 0 Å². The van der Waals surface area contributed by atoms with Crippen molar-refractivity contribution in [2.24, 2.45) is 5.10 Å². The van der Waals surface area contributed by atoms with Crippen LogP contribution in [-0.4, -0.2) is 10.8 Å². The van der Waals surface area contributed by atoms with Crippen molar-refractivity contribution in [1.82, 2.24) is 5.43 Å². The normalized spacial score (nSPS) is 18.2. The molecule has 1 unspecified atom stereocenters. The number of rotatable bonds is 2. The molecule has 4 nitrogen and oxygen atoms in total. The fraction of sp³-hybridized carbons (Fsp3) is 0.154. The van der Waals surface area contributed by atoms with E-state index in [9.17, 15) is 5.11 Å². The standard InChI is InChI=1S/C13H10Cl2N2O2/c14-7-4-8(13(18)9(15)5-7)10-6-11(17-16-10)12-2-1-3-19-12/h1-5,10,16,18H,6H2. The molecule has 1 aromatic carbocycles. The van der Waals surface area contributed by atoms with Gasteiger partial charge in [-0.15, -0.1) is 0 Å². The van der Waals surface area contributed by atoms with Gasteiger partial charge in [0.2, 0.25) is 0 Å². The molecule has 1 aliphatic heterocycles. The molecule has 19 heavy (non-hydrogen) atoms. The maximum absolute atomic E-state index is 9.99. The van der Waals surface area contributed by atoms with Gasteiger partial charge in [-0.3, -0.25) is 0 Å². The molecule has 0 bridgehead atoms. The zero-order valence-corrected chi connectivity index (χ0v) is 11.2. The Morgan fingerprint density at radius 1 is 1.37 bits per heavy atom. The summed E-state index contributed by atoms with van der Waals surface area (Å²) >= 11 is 11.9. The average Bonchev–Trinajstić information content (AvgIpc) is 3.03. The van der Waals surface area contributed by atoms with Crippen molar-refractivity contribution >= 4 is 28.9 Å². The van der Waals surface area contributed by atoms with Crippen molar-refractivity contribution in [2.75, 3.05) is 0 Å². The number of hydrogen-bond acceptors (Lipinski definition) is 4. The van der Waals surface area contributed by atoms with Gasteiger partial charge in [0.1, 0.15) is 17.2 Å². The molecule has 0 aliphatic carbocycles. The molecule has 2 heterocycles. The van der Waals surface area contributed by atoms with Gasteiger partial charge in [0.05, 0.1) is 17.3 Å². The first-order valence-corrected chi connectivity index (χ1v) is 6.44. The third-order valence-electron chi connectivity index (χ3n) is 2.99. The van der Waals surface area contributed by atoms with E-state index in [1.54, 1.807) is 18.4 Å². The lowest BCUT2D eigenvalue weighted by Gasteiger charge is -2.13. The highest BCUT2D eigenvalue weighted by Crippen LogP contribution is 2.37. The van der Waals surface area contributed by atoms with E-state index in [1.165, 1.54) is 6.07 Å². The number of phenolic OH excluding ortho intramolecular Hbond substituents is 1. The number of nitrogens with zero attached hydrogens (tertiary/aromatic N) is 1. The summed E-state index contributed by atoms with van der Waals surface area (Å²) in [5.41, 5.74) is 4.38. The smallest absolute Gasteiger partial charge is 0.149 e. The second kappa shape index (κ2) is 4.79. The monoisotopic (exact) mass is 296 g/mol. The molecule has 0 saturated heterocycles. The van der Waals surface area contributed by atoms with E-state index < -0.39 is 0 Å². The van der Waals surface area contributed by atoms with E-state index in [0.29, 0.717) is 22.8 Å². The SMILES string of the molecule is Oc1c(Cl)cc(Cl)cc1C1CC(c2ccco2)=NN1. The lowest BCUT2D eigenvalue weighted by molar-refractivity contribution is 0.456. The van der Waals surface area contributed by atoms with Crippen LogP contribution in [0.4, 0.5) is 0 Å². The summed E-state index contributed by atoms with van der Waals surface area (Å²) in [7, 11) is 0. The van der Waals surface area contributed by atoms with E-state index in [2.05, 4.69) is 10.5 Å². The lowest BCUT2D eigenvalue weighted by atomic mass is 10.0. The molecular weight excluding hydrogens is 287 g/mol. The van der Waals surface area contributed by atoms with Gasteiger partial charge < -0.3 is 14.9 Å². The largest absolute Gasteiger partial charge is 0.506 e. The van der Waals surface area contributed by atoms with Crippen molar-refractivity contribution in [3.63, 3.8) is 0 Å². The number of benzene rings is 1. The number of hydrogen-bond donors (Lipinski definition) is 2. The zero-order chi connectivity index (χ0) is 13.4. The summed E-state index contributed by atoms with van der Waals surface area (Å²) in [6.07, 6.45) is 2.19. The van der Waals surface area contributed by atoms with Crippen LogP contribution in [0.2, 0.25) is 10.0 Å². The van der Waals surface area contributed by atoms with E-state index in [0.717, 1.165) is 5.71 Å². The molecule has 2 N–H and O–H groups in total. The number of aromatic hydroxyl groups is 1. The van der Waals surface area contributed by atoms with Crippen LogP contribution in [0, 0.1) is 0 Å². The summed E-state index contributed by atoms with van der Waals surface area (Å²) in [6, 6.07) is 6.66. The van der Waals surface area contributed by atoms with Crippen LogP contribution in [0.5, 0.6) is 5.75 Å². The van der Waals surface area contributed by atoms with Gasteiger partial charge in [0, 0.05) is 17.0 Å². The topological polar surface area (TPSA) is 57.8 Å². The molecule has 2 aromatic rings. The number of furan rings is 1. The first-order chi connectivity index (χ1) is 9.15. The Balaban J connectivity index is 1.87. The second-order valence-electron chi connectivity index (χ2n) is 4.25. The third kappa shape index (κ3) is 2.29. The van der Waals surface area contributed by atoms with E-state index in [4.69, 9.17) is 27.6 Å².